The highest BCUT2D eigenvalue weighted by Crippen LogP contribution is 2.25. The minimum atomic E-state index is -0.303. The molecule has 128 valence electrons. The normalized spacial score (nSPS) is 10.3. The van der Waals surface area contributed by atoms with E-state index < -0.39 is 0 Å². The lowest BCUT2D eigenvalue weighted by atomic mass is 10.2. The summed E-state index contributed by atoms with van der Waals surface area (Å²) in [5.41, 5.74) is 1.62. The smallest absolute Gasteiger partial charge is 0.319 e. The predicted molar refractivity (Wildman–Crippen MR) is 94.6 cm³/mol. The number of ether oxygens (including phenoxy) is 1. The van der Waals surface area contributed by atoms with Crippen LogP contribution in [0.25, 0.3) is 0 Å². The van der Waals surface area contributed by atoms with Crippen molar-refractivity contribution in [3.05, 3.63) is 66.2 Å². The van der Waals surface area contributed by atoms with Gasteiger partial charge in [-0.1, -0.05) is 18.2 Å². The Morgan fingerprint density at radius 3 is 2.64 bits per heavy atom. The summed E-state index contributed by atoms with van der Waals surface area (Å²) in [7, 11) is 1.78. The van der Waals surface area contributed by atoms with Gasteiger partial charge in [-0.15, -0.1) is 0 Å². The van der Waals surface area contributed by atoms with Gasteiger partial charge >= 0.3 is 6.03 Å². The molecule has 3 rings (SSSR count). The lowest BCUT2D eigenvalue weighted by Crippen LogP contribution is -2.29. The summed E-state index contributed by atoms with van der Waals surface area (Å²) in [4.78, 5) is 16.1. The first-order valence-electron chi connectivity index (χ1n) is 7.83. The fraction of sp³-hybridized carbons (Fsp3) is 0.167. The van der Waals surface area contributed by atoms with E-state index in [-0.39, 0.29) is 6.03 Å². The minimum absolute atomic E-state index is 0.302. The van der Waals surface area contributed by atoms with Gasteiger partial charge in [0, 0.05) is 12.7 Å². The van der Waals surface area contributed by atoms with Gasteiger partial charge in [0.05, 0.1) is 6.54 Å². The van der Waals surface area contributed by atoms with Gasteiger partial charge in [-0.3, -0.25) is 4.68 Å². The van der Waals surface area contributed by atoms with Crippen LogP contribution in [-0.2, 0) is 13.6 Å². The van der Waals surface area contributed by atoms with Crippen molar-refractivity contribution in [2.24, 2.45) is 7.05 Å². The Kier molecular flexibility index (Phi) is 4.94. The zero-order chi connectivity index (χ0) is 17.6. The van der Waals surface area contributed by atoms with Crippen LogP contribution in [0.15, 0.2) is 54.9 Å². The van der Waals surface area contributed by atoms with Gasteiger partial charge in [-0.05, 0) is 42.8 Å². The van der Waals surface area contributed by atoms with Crippen molar-refractivity contribution in [1.82, 2.24) is 20.1 Å². The van der Waals surface area contributed by atoms with E-state index >= 15 is 0 Å². The highest BCUT2D eigenvalue weighted by atomic mass is 16.5. The summed E-state index contributed by atoms with van der Waals surface area (Å²) < 4.78 is 7.39. The largest absolute Gasteiger partial charge is 0.457 e. The Hall–Kier alpha value is -3.35. The second-order valence-electron chi connectivity index (χ2n) is 5.50. The number of aryl methyl sites for hydroxylation is 2. The van der Waals surface area contributed by atoms with Crippen LogP contribution in [-0.4, -0.2) is 20.8 Å². The number of carbonyl (C=O) groups is 1. The average molecular weight is 337 g/mol. The third kappa shape index (κ3) is 4.35. The van der Waals surface area contributed by atoms with E-state index in [1.807, 2.05) is 55.5 Å². The van der Waals surface area contributed by atoms with Crippen molar-refractivity contribution < 1.29 is 9.53 Å². The quantitative estimate of drug-likeness (QED) is 0.749. The molecule has 2 aromatic carbocycles. The Morgan fingerprint density at radius 1 is 1.16 bits per heavy atom. The van der Waals surface area contributed by atoms with Crippen molar-refractivity contribution in [3.63, 3.8) is 0 Å². The number of nitrogens with zero attached hydrogens (tertiary/aromatic N) is 3. The number of amides is 2. The van der Waals surface area contributed by atoms with Crippen LogP contribution in [0.2, 0.25) is 0 Å². The molecule has 1 heterocycles. The first kappa shape index (κ1) is 16.5. The lowest BCUT2D eigenvalue weighted by molar-refractivity contribution is 0.251. The molecule has 0 saturated heterocycles. The zero-order valence-corrected chi connectivity index (χ0v) is 14.1. The molecule has 0 saturated carbocycles. The second-order valence-corrected chi connectivity index (χ2v) is 5.50. The van der Waals surface area contributed by atoms with Gasteiger partial charge in [-0.25, -0.2) is 9.78 Å². The van der Waals surface area contributed by atoms with Crippen LogP contribution in [0.1, 0.15) is 11.4 Å². The molecule has 0 aliphatic heterocycles. The third-order valence-electron chi connectivity index (χ3n) is 3.64. The lowest BCUT2D eigenvalue weighted by Gasteiger charge is -2.12. The molecule has 0 aliphatic carbocycles. The number of carbonyl (C=O) groups excluding carboxylic acids is 1. The molecule has 0 unspecified atom stereocenters. The van der Waals surface area contributed by atoms with Crippen LogP contribution in [0.4, 0.5) is 10.5 Å². The Balaban J connectivity index is 1.59. The van der Waals surface area contributed by atoms with Gasteiger partial charge in [0.2, 0.25) is 0 Å². The molecule has 0 radical (unpaired) electrons. The number of hydrogen-bond donors (Lipinski definition) is 2. The molecular weight excluding hydrogens is 318 g/mol. The molecule has 0 spiro atoms. The molecule has 0 aliphatic rings. The van der Waals surface area contributed by atoms with E-state index in [9.17, 15) is 4.79 Å². The zero-order valence-electron chi connectivity index (χ0n) is 14.1. The number of hydrogen-bond acceptors (Lipinski definition) is 4. The van der Waals surface area contributed by atoms with Crippen molar-refractivity contribution in [3.8, 4) is 11.5 Å². The molecule has 1 aromatic heterocycles. The fourth-order valence-electron chi connectivity index (χ4n) is 2.27. The van der Waals surface area contributed by atoms with E-state index in [2.05, 4.69) is 20.7 Å². The van der Waals surface area contributed by atoms with Crippen molar-refractivity contribution in [2.45, 2.75) is 13.5 Å². The highest BCUT2D eigenvalue weighted by molar-refractivity contribution is 5.90. The van der Waals surface area contributed by atoms with Gasteiger partial charge in [0.15, 0.2) is 0 Å². The summed E-state index contributed by atoms with van der Waals surface area (Å²) in [5.74, 6) is 2.16. The average Bonchev–Trinajstić information content (AvgIpc) is 3.01. The monoisotopic (exact) mass is 337 g/mol. The Labute approximate surface area is 145 Å². The first-order chi connectivity index (χ1) is 12.1. The molecule has 2 amide bonds. The molecule has 0 atom stereocenters. The molecule has 3 aromatic rings. The maximum Gasteiger partial charge on any atom is 0.319 e. The minimum Gasteiger partial charge on any atom is -0.457 e. The number of nitrogens with one attached hydrogen (secondary N) is 2. The van der Waals surface area contributed by atoms with Gasteiger partial charge in [0.25, 0.3) is 0 Å². The maximum absolute atomic E-state index is 12.0. The molecule has 25 heavy (non-hydrogen) atoms. The fourth-order valence-corrected chi connectivity index (χ4v) is 2.27. The van der Waals surface area contributed by atoms with Crippen LogP contribution in [0.3, 0.4) is 0 Å². The van der Waals surface area contributed by atoms with E-state index in [4.69, 9.17) is 4.74 Å². The Morgan fingerprint density at radius 2 is 1.96 bits per heavy atom. The standard InChI is InChI=1S/C18H19N5O2/c1-13-10-15(25-14-6-4-3-5-7-14)8-9-16(13)22-18(24)19-11-17-20-12-21-23(17)2/h3-10,12H,11H2,1-2H3,(H2,19,22,24). The number of benzene rings is 2. The van der Waals surface area contributed by atoms with Crippen molar-refractivity contribution >= 4 is 11.7 Å². The molecule has 7 nitrogen and oxygen atoms in total. The summed E-state index contributed by atoms with van der Waals surface area (Å²) in [6, 6.07) is 14.8. The van der Waals surface area contributed by atoms with Gasteiger partial charge in [0.1, 0.15) is 23.7 Å². The van der Waals surface area contributed by atoms with Crippen LogP contribution in [0.5, 0.6) is 11.5 Å². The topological polar surface area (TPSA) is 81.1 Å². The molecule has 2 N–H and O–H groups in total. The predicted octanol–water partition coefficient (Wildman–Crippen LogP) is 3.24. The van der Waals surface area contributed by atoms with Crippen LogP contribution in [0, 0.1) is 6.92 Å². The molecule has 0 fully saturated rings. The number of anilines is 1. The maximum atomic E-state index is 12.0. The van der Waals surface area contributed by atoms with Crippen molar-refractivity contribution in [2.75, 3.05) is 5.32 Å². The number of aromatic nitrogens is 3. The first-order valence-corrected chi connectivity index (χ1v) is 7.83. The number of para-hydroxylation sites is 1. The molecule has 7 heteroatoms. The van der Waals surface area contributed by atoms with Gasteiger partial charge in [-0.2, -0.15) is 5.10 Å². The van der Waals surface area contributed by atoms with Crippen LogP contribution >= 0.6 is 0 Å². The van der Waals surface area contributed by atoms with E-state index in [1.165, 1.54) is 6.33 Å². The molecule has 0 bridgehead atoms. The second kappa shape index (κ2) is 7.48. The van der Waals surface area contributed by atoms with Crippen LogP contribution < -0.4 is 15.4 Å². The summed E-state index contributed by atoms with van der Waals surface area (Å²) >= 11 is 0. The van der Waals surface area contributed by atoms with E-state index in [0.717, 1.165) is 17.0 Å². The third-order valence-corrected chi connectivity index (χ3v) is 3.64. The summed E-state index contributed by atoms with van der Waals surface area (Å²) in [6.07, 6.45) is 1.45. The number of rotatable bonds is 5. The SMILES string of the molecule is Cc1cc(Oc2ccccc2)ccc1NC(=O)NCc1ncnn1C. The summed E-state index contributed by atoms with van der Waals surface area (Å²) in [5, 5.41) is 9.53. The van der Waals surface area contributed by atoms with E-state index in [0.29, 0.717) is 18.1 Å². The number of urea groups is 1. The highest BCUT2D eigenvalue weighted by Gasteiger charge is 2.08. The Bertz CT molecular complexity index is 861. The van der Waals surface area contributed by atoms with Gasteiger partial charge < -0.3 is 15.4 Å². The summed E-state index contributed by atoms with van der Waals surface area (Å²) in [6.45, 7) is 2.22. The molecular formula is C18H19N5O2. The van der Waals surface area contributed by atoms with Crippen molar-refractivity contribution in [1.29, 1.82) is 0 Å². The van der Waals surface area contributed by atoms with E-state index in [1.54, 1.807) is 11.7 Å².